The molecule has 1 aliphatic rings. The van der Waals surface area contributed by atoms with Gasteiger partial charge in [0.25, 0.3) is 0 Å². The summed E-state index contributed by atoms with van der Waals surface area (Å²) in [5.74, 6) is -0.325. The van der Waals surface area contributed by atoms with Gasteiger partial charge in [0.2, 0.25) is 5.91 Å². The molecule has 0 spiro atoms. The molecule has 1 unspecified atom stereocenters. The van der Waals surface area contributed by atoms with E-state index in [4.69, 9.17) is 10.9 Å². The van der Waals surface area contributed by atoms with Gasteiger partial charge in [-0.3, -0.25) is 4.79 Å². The SMILES string of the molecule is CCCC(C(=O)N(C)CC1CC(O)C1)C(N)=NO. The summed E-state index contributed by atoms with van der Waals surface area (Å²) in [5, 5.41) is 20.9. The number of oxime groups is 1. The van der Waals surface area contributed by atoms with Gasteiger partial charge in [0, 0.05) is 13.6 Å². The number of carbonyl (C=O) groups is 1. The lowest BCUT2D eigenvalue weighted by atomic mass is 9.82. The minimum atomic E-state index is -0.546. The molecule has 0 heterocycles. The Labute approximate surface area is 107 Å². The Kier molecular flexibility index (Phi) is 5.40. The van der Waals surface area contributed by atoms with E-state index in [1.807, 2.05) is 6.92 Å². The van der Waals surface area contributed by atoms with Crippen molar-refractivity contribution in [2.45, 2.75) is 38.7 Å². The molecule has 0 aromatic rings. The number of amidine groups is 1. The molecule has 0 aromatic carbocycles. The molecular weight excluding hydrogens is 234 g/mol. The molecule has 1 aliphatic carbocycles. The first-order chi connectivity index (χ1) is 8.49. The van der Waals surface area contributed by atoms with Crippen LogP contribution < -0.4 is 5.73 Å². The Morgan fingerprint density at radius 1 is 1.56 bits per heavy atom. The van der Waals surface area contributed by atoms with E-state index >= 15 is 0 Å². The fourth-order valence-electron chi connectivity index (χ4n) is 2.35. The Morgan fingerprint density at radius 2 is 2.17 bits per heavy atom. The number of carbonyl (C=O) groups excluding carboxylic acids is 1. The molecule has 1 fully saturated rings. The summed E-state index contributed by atoms with van der Waals surface area (Å²) in [6, 6.07) is 0. The zero-order valence-corrected chi connectivity index (χ0v) is 11.0. The minimum Gasteiger partial charge on any atom is -0.409 e. The number of hydrogen-bond acceptors (Lipinski definition) is 4. The Hall–Kier alpha value is -1.30. The summed E-state index contributed by atoms with van der Waals surface area (Å²) in [6.07, 6.45) is 2.66. The summed E-state index contributed by atoms with van der Waals surface area (Å²) in [6.45, 7) is 2.57. The second kappa shape index (κ2) is 6.58. The molecule has 104 valence electrons. The lowest BCUT2D eigenvalue weighted by molar-refractivity contribution is -0.133. The van der Waals surface area contributed by atoms with E-state index < -0.39 is 5.92 Å². The first-order valence-electron chi connectivity index (χ1n) is 6.40. The standard InChI is InChI=1S/C12H23N3O3/c1-3-4-10(11(13)14-18)12(17)15(2)7-8-5-9(16)6-8/h8-10,16,18H,3-7H2,1-2H3,(H2,13,14). The molecule has 0 radical (unpaired) electrons. The third kappa shape index (κ3) is 3.60. The van der Waals surface area contributed by atoms with E-state index in [-0.39, 0.29) is 17.8 Å². The van der Waals surface area contributed by atoms with Gasteiger partial charge in [0.15, 0.2) is 5.84 Å². The Balaban J connectivity index is 2.53. The predicted octanol–water partition coefficient (Wildman–Crippen LogP) is 0.378. The zero-order valence-electron chi connectivity index (χ0n) is 11.0. The number of hydrogen-bond donors (Lipinski definition) is 3. The number of amides is 1. The zero-order chi connectivity index (χ0) is 13.7. The molecular formula is C12H23N3O3. The van der Waals surface area contributed by atoms with E-state index in [0.717, 1.165) is 19.3 Å². The van der Waals surface area contributed by atoms with Crippen LogP contribution in [-0.4, -0.2) is 46.7 Å². The van der Waals surface area contributed by atoms with Crippen molar-refractivity contribution in [1.29, 1.82) is 0 Å². The summed E-state index contributed by atoms with van der Waals surface area (Å²) >= 11 is 0. The Morgan fingerprint density at radius 3 is 2.61 bits per heavy atom. The van der Waals surface area contributed by atoms with Crippen LogP contribution in [0.5, 0.6) is 0 Å². The number of aliphatic hydroxyl groups is 1. The van der Waals surface area contributed by atoms with Crippen molar-refractivity contribution < 1.29 is 15.1 Å². The summed E-state index contributed by atoms with van der Waals surface area (Å²) in [5.41, 5.74) is 5.55. The average molecular weight is 257 g/mol. The maximum Gasteiger partial charge on any atom is 0.233 e. The smallest absolute Gasteiger partial charge is 0.233 e. The average Bonchev–Trinajstić information content (AvgIpc) is 2.32. The van der Waals surface area contributed by atoms with Crippen LogP contribution in [0.4, 0.5) is 0 Å². The van der Waals surface area contributed by atoms with Crippen LogP contribution in [0, 0.1) is 11.8 Å². The molecule has 0 saturated heterocycles. The summed E-state index contributed by atoms with van der Waals surface area (Å²) < 4.78 is 0. The maximum atomic E-state index is 12.2. The molecule has 18 heavy (non-hydrogen) atoms. The van der Waals surface area contributed by atoms with Crippen molar-refractivity contribution in [2.24, 2.45) is 22.7 Å². The van der Waals surface area contributed by atoms with Crippen molar-refractivity contribution >= 4 is 11.7 Å². The van der Waals surface area contributed by atoms with E-state index in [9.17, 15) is 9.90 Å². The molecule has 0 bridgehead atoms. The van der Waals surface area contributed by atoms with Crippen LogP contribution in [0.25, 0.3) is 0 Å². The summed E-state index contributed by atoms with van der Waals surface area (Å²) in [4.78, 5) is 13.8. The molecule has 1 rings (SSSR count). The van der Waals surface area contributed by atoms with Crippen LogP contribution in [0.2, 0.25) is 0 Å². The molecule has 1 atom stereocenters. The van der Waals surface area contributed by atoms with Crippen LogP contribution in [0.15, 0.2) is 5.16 Å². The van der Waals surface area contributed by atoms with Gasteiger partial charge in [-0.05, 0) is 25.2 Å². The van der Waals surface area contributed by atoms with E-state index in [1.165, 1.54) is 0 Å². The van der Waals surface area contributed by atoms with Crippen LogP contribution in [0.3, 0.4) is 0 Å². The first-order valence-corrected chi connectivity index (χ1v) is 6.40. The van der Waals surface area contributed by atoms with Crippen molar-refractivity contribution in [3.63, 3.8) is 0 Å². The molecule has 0 aromatic heterocycles. The maximum absolute atomic E-state index is 12.2. The lowest BCUT2D eigenvalue weighted by Gasteiger charge is -2.35. The van der Waals surface area contributed by atoms with Crippen LogP contribution in [-0.2, 0) is 4.79 Å². The monoisotopic (exact) mass is 257 g/mol. The first kappa shape index (κ1) is 14.8. The molecule has 1 saturated carbocycles. The van der Waals surface area contributed by atoms with Gasteiger partial charge >= 0.3 is 0 Å². The molecule has 6 heteroatoms. The van der Waals surface area contributed by atoms with Gasteiger partial charge in [0.1, 0.15) is 0 Å². The Bertz CT molecular complexity index is 314. The number of nitrogens with two attached hydrogens (primary N) is 1. The van der Waals surface area contributed by atoms with E-state index in [2.05, 4.69) is 5.16 Å². The second-order valence-electron chi connectivity index (χ2n) is 5.08. The van der Waals surface area contributed by atoms with Crippen molar-refractivity contribution in [2.75, 3.05) is 13.6 Å². The largest absolute Gasteiger partial charge is 0.409 e. The summed E-state index contributed by atoms with van der Waals surface area (Å²) in [7, 11) is 1.72. The lowest BCUT2D eigenvalue weighted by Crippen LogP contribution is -2.44. The van der Waals surface area contributed by atoms with Gasteiger partial charge in [-0.25, -0.2) is 0 Å². The normalized spacial score (nSPS) is 25.4. The van der Waals surface area contributed by atoms with Gasteiger partial charge in [-0.2, -0.15) is 0 Å². The number of aliphatic hydroxyl groups excluding tert-OH is 1. The molecule has 0 aliphatic heterocycles. The highest BCUT2D eigenvalue weighted by molar-refractivity contribution is 6.01. The molecule has 6 nitrogen and oxygen atoms in total. The van der Waals surface area contributed by atoms with Gasteiger partial charge in [-0.15, -0.1) is 0 Å². The highest BCUT2D eigenvalue weighted by Crippen LogP contribution is 2.28. The fraction of sp³-hybridized carbons (Fsp3) is 0.833. The van der Waals surface area contributed by atoms with Crippen molar-refractivity contribution in [1.82, 2.24) is 4.90 Å². The minimum absolute atomic E-state index is 0.0256. The fourth-order valence-corrected chi connectivity index (χ4v) is 2.35. The van der Waals surface area contributed by atoms with Gasteiger partial charge < -0.3 is 20.9 Å². The van der Waals surface area contributed by atoms with Crippen LogP contribution in [0.1, 0.15) is 32.6 Å². The highest BCUT2D eigenvalue weighted by atomic mass is 16.4. The second-order valence-corrected chi connectivity index (χ2v) is 5.08. The highest BCUT2D eigenvalue weighted by Gasteiger charge is 2.31. The number of nitrogens with zero attached hydrogens (tertiary/aromatic N) is 2. The van der Waals surface area contributed by atoms with Crippen molar-refractivity contribution in [3.8, 4) is 0 Å². The van der Waals surface area contributed by atoms with Crippen molar-refractivity contribution in [3.05, 3.63) is 0 Å². The third-order valence-electron chi connectivity index (χ3n) is 3.47. The molecule has 4 N–H and O–H groups in total. The van der Waals surface area contributed by atoms with Gasteiger partial charge in [-0.1, -0.05) is 18.5 Å². The predicted molar refractivity (Wildman–Crippen MR) is 68.2 cm³/mol. The number of rotatable bonds is 6. The topological polar surface area (TPSA) is 99.2 Å². The third-order valence-corrected chi connectivity index (χ3v) is 3.47. The molecule has 1 amide bonds. The quantitative estimate of drug-likeness (QED) is 0.277. The van der Waals surface area contributed by atoms with Gasteiger partial charge in [0.05, 0.1) is 12.0 Å². The van der Waals surface area contributed by atoms with Crippen LogP contribution >= 0.6 is 0 Å². The van der Waals surface area contributed by atoms with E-state index in [1.54, 1.807) is 11.9 Å². The van der Waals surface area contributed by atoms with E-state index in [0.29, 0.717) is 18.9 Å².